The van der Waals surface area contributed by atoms with E-state index in [1.165, 1.54) is 13.2 Å². The monoisotopic (exact) mass is 285 g/mol. The average molecular weight is 285 g/mol. The number of nitrogen functional groups attached to an aromatic ring is 1. The highest BCUT2D eigenvalue weighted by Gasteiger charge is 2.15. The Balaban J connectivity index is 2.02. The second-order valence-corrected chi connectivity index (χ2v) is 4.33. The van der Waals surface area contributed by atoms with E-state index >= 15 is 0 Å². The van der Waals surface area contributed by atoms with Crippen LogP contribution in [0.5, 0.6) is 5.75 Å². The second kappa shape index (κ2) is 6.56. The fourth-order valence-electron chi connectivity index (χ4n) is 1.83. The minimum atomic E-state index is -0.592. The maximum absolute atomic E-state index is 12.0. The molecule has 2 aromatic carbocycles. The predicted octanol–water partition coefficient (Wildman–Crippen LogP) is 2.32. The van der Waals surface area contributed by atoms with E-state index in [9.17, 15) is 9.59 Å². The Morgan fingerprint density at radius 3 is 2.57 bits per heavy atom. The van der Waals surface area contributed by atoms with Crippen LogP contribution in [0.1, 0.15) is 20.7 Å². The van der Waals surface area contributed by atoms with Gasteiger partial charge in [-0.15, -0.1) is 0 Å². The molecule has 0 radical (unpaired) electrons. The van der Waals surface area contributed by atoms with E-state index < -0.39 is 5.97 Å². The summed E-state index contributed by atoms with van der Waals surface area (Å²) >= 11 is 0. The number of Topliss-reactive ketones (excluding diaryl/α,β-unsaturated/α-hetero) is 1. The molecule has 0 saturated heterocycles. The third-order valence-corrected chi connectivity index (χ3v) is 2.86. The summed E-state index contributed by atoms with van der Waals surface area (Å²) in [6.07, 6.45) is 0. The van der Waals surface area contributed by atoms with E-state index in [1.54, 1.807) is 42.5 Å². The van der Waals surface area contributed by atoms with Crippen molar-refractivity contribution in [3.8, 4) is 5.75 Å². The zero-order chi connectivity index (χ0) is 15.2. The number of rotatable bonds is 5. The van der Waals surface area contributed by atoms with Crippen molar-refractivity contribution in [2.24, 2.45) is 0 Å². The Hall–Kier alpha value is -2.82. The molecular weight excluding hydrogens is 270 g/mol. The third kappa shape index (κ3) is 3.60. The number of carbonyl (C=O) groups excluding carboxylic acids is 2. The predicted molar refractivity (Wildman–Crippen MR) is 78.5 cm³/mol. The molecular formula is C16H15NO4. The van der Waals surface area contributed by atoms with E-state index in [4.69, 9.17) is 15.2 Å². The molecule has 0 unspecified atom stereocenters. The average Bonchev–Trinajstić information content (AvgIpc) is 2.52. The molecule has 0 aliphatic carbocycles. The molecule has 0 aromatic heterocycles. The van der Waals surface area contributed by atoms with Gasteiger partial charge in [-0.2, -0.15) is 0 Å². The number of esters is 1. The van der Waals surface area contributed by atoms with Crippen LogP contribution >= 0.6 is 0 Å². The first-order chi connectivity index (χ1) is 10.1. The Labute approximate surface area is 122 Å². The molecule has 0 amide bonds. The minimum absolute atomic E-state index is 0.308. The summed E-state index contributed by atoms with van der Waals surface area (Å²) in [6, 6.07) is 13.2. The first-order valence-corrected chi connectivity index (χ1v) is 6.30. The summed E-state index contributed by atoms with van der Waals surface area (Å²) in [4.78, 5) is 23.9. The first kappa shape index (κ1) is 14.6. The van der Waals surface area contributed by atoms with E-state index in [2.05, 4.69) is 0 Å². The van der Waals surface area contributed by atoms with Crippen molar-refractivity contribution in [1.29, 1.82) is 0 Å². The van der Waals surface area contributed by atoms with Gasteiger partial charge in [0.25, 0.3) is 0 Å². The number of methoxy groups -OCH3 is 1. The van der Waals surface area contributed by atoms with Gasteiger partial charge in [-0.25, -0.2) is 4.79 Å². The van der Waals surface area contributed by atoms with Gasteiger partial charge >= 0.3 is 5.97 Å². The molecule has 0 bridgehead atoms. The molecule has 2 N–H and O–H groups in total. The number of anilines is 1. The van der Waals surface area contributed by atoms with Crippen molar-refractivity contribution in [2.75, 3.05) is 19.5 Å². The van der Waals surface area contributed by atoms with Gasteiger partial charge in [0.1, 0.15) is 5.75 Å². The van der Waals surface area contributed by atoms with Gasteiger partial charge < -0.3 is 15.2 Å². The highest BCUT2D eigenvalue weighted by atomic mass is 16.5. The molecule has 5 heteroatoms. The van der Waals surface area contributed by atoms with Gasteiger partial charge in [-0.05, 0) is 30.3 Å². The summed E-state index contributed by atoms with van der Waals surface area (Å²) in [6.45, 7) is -0.353. The lowest BCUT2D eigenvalue weighted by molar-refractivity contribution is 0.0474. The maximum Gasteiger partial charge on any atom is 0.338 e. The van der Waals surface area contributed by atoms with Gasteiger partial charge in [0.2, 0.25) is 5.78 Å². The number of carbonyl (C=O) groups is 2. The number of ketones is 1. The zero-order valence-corrected chi connectivity index (χ0v) is 11.5. The lowest BCUT2D eigenvalue weighted by Gasteiger charge is -2.08. The van der Waals surface area contributed by atoms with Crippen LogP contribution in [-0.2, 0) is 4.74 Å². The molecule has 0 fully saturated rings. The van der Waals surface area contributed by atoms with E-state index in [-0.39, 0.29) is 12.4 Å². The van der Waals surface area contributed by atoms with Gasteiger partial charge in [-0.3, -0.25) is 4.79 Å². The molecule has 0 spiro atoms. The molecule has 0 aliphatic heterocycles. The highest BCUT2D eigenvalue weighted by Crippen LogP contribution is 2.18. The molecule has 5 nitrogen and oxygen atoms in total. The normalized spacial score (nSPS) is 9.95. The van der Waals surface area contributed by atoms with Crippen LogP contribution in [0, 0.1) is 0 Å². The van der Waals surface area contributed by atoms with Crippen LogP contribution in [-0.4, -0.2) is 25.5 Å². The van der Waals surface area contributed by atoms with Crippen molar-refractivity contribution in [3.05, 3.63) is 59.7 Å². The van der Waals surface area contributed by atoms with Crippen LogP contribution in [0.4, 0.5) is 5.69 Å². The van der Waals surface area contributed by atoms with Crippen LogP contribution < -0.4 is 10.5 Å². The Kier molecular flexibility index (Phi) is 4.56. The summed E-state index contributed by atoms with van der Waals surface area (Å²) < 4.78 is 10.1. The standard InChI is InChI=1S/C16H15NO4/c1-20-15-8-3-2-7-13(15)14(18)10-21-16(19)11-5-4-6-12(17)9-11/h2-9H,10,17H2,1H3. The molecule has 0 saturated carbocycles. The number of para-hydroxylation sites is 1. The summed E-state index contributed by atoms with van der Waals surface area (Å²) in [5, 5.41) is 0. The fraction of sp³-hybridized carbons (Fsp3) is 0.125. The molecule has 108 valence electrons. The fourth-order valence-corrected chi connectivity index (χ4v) is 1.83. The van der Waals surface area contributed by atoms with Crippen molar-refractivity contribution in [1.82, 2.24) is 0 Å². The summed E-state index contributed by atoms with van der Waals surface area (Å²) in [5.74, 6) is -0.474. The number of nitrogens with two attached hydrogens (primary N) is 1. The summed E-state index contributed by atoms with van der Waals surface area (Å²) in [5.41, 5.74) is 6.73. The SMILES string of the molecule is COc1ccccc1C(=O)COC(=O)c1cccc(N)c1. The quantitative estimate of drug-likeness (QED) is 0.518. The molecule has 0 heterocycles. The van der Waals surface area contributed by atoms with Crippen molar-refractivity contribution < 1.29 is 19.1 Å². The molecule has 0 aliphatic rings. The number of hydrogen-bond donors (Lipinski definition) is 1. The molecule has 21 heavy (non-hydrogen) atoms. The lowest BCUT2D eigenvalue weighted by atomic mass is 10.1. The Morgan fingerprint density at radius 2 is 1.86 bits per heavy atom. The largest absolute Gasteiger partial charge is 0.496 e. The zero-order valence-electron chi connectivity index (χ0n) is 11.5. The van der Waals surface area contributed by atoms with Crippen LogP contribution in [0.15, 0.2) is 48.5 Å². The summed E-state index contributed by atoms with van der Waals surface area (Å²) in [7, 11) is 1.48. The Bertz CT molecular complexity index is 667. The van der Waals surface area contributed by atoms with Crippen LogP contribution in [0.3, 0.4) is 0 Å². The molecule has 2 rings (SSSR count). The number of benzene rings is 2. The first-order valence-electron chi connectivity index (χ1n) is 6.30. The Morgan fingerprint density at radius 1 is 1.10 bits per heavy atom. The van der Waals surface area contributed by atoms with Crippen LogP contribution in [0.25, 0.3) is 0 Å². The van der Waals surface area contributed by atoms with Crippen LogP contribution in [0.2, 0.25) is 0 Å². The van der Waals surface area contributed by atoms with Crippen molar-refractivity contribution in [2.45, 2.75) is 0 Å². The number of hydrogen-bond acceptors (Lipinski definition) is 5. The molecule has 0 atom stereocenters. The second-order valence-electron chi connectivity index (χ2n) is 4.33. The van der Waals surface area contributed by atoms with E-state index in [0.717, 1.165) is 0 Å². The van der Waals surface area contributed by atoms with Gasteiger partial charge in [-0.1, -0.05) is 18.2 Å². The van der Waals surface area contributed by atoms with E-state index in [1.807, 2.05) is 0 Å². The van der Waals surface area contributed by atoms with Crippen molar-refractivity contribution >= 4 is 17.4 Å². The van der Waals surface area contributed by atoms with Gasteiger partial charge in [0, 0.05) is 5.69 Å². The van der Waals surface area contributed by atoms with Gasteiger partial charge in [0.15, 0.2) is 6.61 Å². The highest BCUT2D eigenvalue weighted by molar-refractivity contribution is 6.01. The third-order valence-electron chi connectivity index (χ3n) is 2.86. The number of ether oxygens (including phenoxy) is 2. The topological polar surface area (TPSA) is 78.6 Å². The molecule has 2 aromatic rings. The lowest BCUT2D eigenvalue weighted by Crippen LogP contribution is -2.15. The minimum Gasteiger partial charge on any atom is -0.496 e. The van der Waals surface area contributed by atoms with Gasteiger partial charge in [0.05, 0.1) is 18.2 Å². The van der Waals surface area contributed by atoms with E-state index in [0.29, 0.717) is 22.6 Å². The maximum atomic E-state index is 12.0. The van der Waals surface area contributed by atoms with Crippen molar-refractivity contribution in [3.63, 3.8) is 0 Å². The smallest absolute Gasteiger partial charge is 0.338 e.